The number of benzene rings is 3. The Morgan fingerprint density at radius 1 is 1.00 bits per heavy atom. The molecule has 0 amide bonds. The van der Waals surface area contributed by atoms with Crippen LogP contribution in [0.1, 0.15) is 36.6 Å². The summed E-state index contributed by atoms with van der Waals surface area (Å²) in [7, 11) is 1.30. The van der Waals surface area contributed by atoms with Crippen molar-refractivity contribution in [3.8, 4) is 17.2 Å². The van der Waals surface area contributed by atoms with Crippen LogP contribution in [0.4, 0.5) is 0 Å². The van der Waals surface area contributed by atoms with Crippen molar-refractivity contribution in [2.45, 2.75) is 26.5 Å². The summed E-state index contributed by atoms with van der Waals surface area (Å²) in [4.78, 5) is 31.9. The third kappa shape index (κ3) is 6.63. The van der Waals surface area contributed by atoms with E-state index < -0.39 is 12.0 Å². The van der Waals surface area contributed by atoms with Crippen molar-refractivity contribution in [1.29, 1.82) is 0 Å². The van der Waals surface area contributed by atoms with E-state index in [4.69, 9.17) is 18.9 Å². The van der Waals surface area contributed by atoms with Crippen LogP contribution in [0.5, 0.6) is 17.2 Å². The first kappa shape index (κ1) is 30.8. The lowest BCUT2D eigenvalue weighted by Gasteiger charge is -2.23. The van der Waals surface area contributed by atoms with Crippen LogP contribution in [0, 0.1) is 0 Å². The van der Waals surface area contributed by atoms with Crippen molar-refractivity contribution in [2.24, 2.45) is 4.99 Å². The quantitative estimate of drug-likeness (QED) is 0.189. The number of esters is 1. The maximum Gasteiger partial charge on any atom is 0.337 e. The number of methoxy groups -OCH3 is 1. The van der Waals surface area contributed by atoms with Crippen molar-refractivity contribution < 1.29 is 23.7 Å². The van der Waals surface area contributed by atoms with E-state index in [1.54, 1.807) is 18.2 Å². The molecule has 0 bridgehead atoms. The molecule has 0 N–H and O–H groups in total. The van der Waals surface area contributed by atoms with Gasteiger partial charge in [-0.1, -0.05) is 63.7 Å². The van der Waals surface area contributed by atoms with Crippen LogP contribution < -0.4 is 29.1 Å². The lowest BCUT2D eigenvalue weighted by atomic mass is 9.97. The monoisotopic (exact) mass is 726 g/mol. The number of nitrogens with zero attached hydrogens (tertiary/aromatic N) is 2. The summed E-state index contributed by atoms with van der Waals surface area (Å²) in [6, 6.07) is 18.2. The van der Waals surface area contributed by atoms with E-state index in [1.165, 1.54) is 29.2 Å². The van der Waals surface area contributed by atoms with Gasteiger partial charge < -0.3 is 18.9 Å². The third-order valence-electron chi connectivity index (χ3n) is 6.56. The normalized spacial score (nSPS) is 14.4. The molecule has 222 valence electrons. The second-order valence-corrected chi connectivity index (χ2v) is 12.1. The van der Waals surface area contributed by atoms with Crippen LogP contribution in [0.2, 0.25) is 0 Å². The smallest absolute Gasteiger partial charge is 0.337 e. The Kier molecular flexibility index (Phi) is 9.84. The van der Waals surface area contributed by atoms with Crippen molar-refractivity contribution in [2.75, 3.05) is 20.3 Å². The van der Waals surface area contributed by atoms with Gasteiger partial charge in [0, 0.05) is 16.2 Å². The fourth-order valence-corrected chi connectivity index (χ4v) is 7.03. The zero-order valence-corrected chi connectivity index (χ0v) is 27.6. The van der Waals surface area contributed by atoms with Crippen LogP contribution >= 0.6 is 43.2 Å². The van der Waals surface area contributed by atoms with Gasteiger partial charge in [0.1, 0.15) is 12.4 Å². The molecule has 0 saturated heterocycles. The van der Waals surface area contributed by atoms with Gasteiger partial charge in [0.15, 0.2) is 16.3 Å². The molecule has 11 heteroatoms. The molecule has 43 heavy (non-hydrogen) atoms. The molecule has 0 unspecified atom stereocenters. The number of hydrogen-bond donors (Lipinski definition) is 0. The van der Waals surface area contributed by atoms with Crippen molar-refractivity contribution >= 4 is 55.2 Å². The first-order valence-corrected chi connectivity index (χ1v) is 15.9. The molecular weight excluding hydrogens is 700 g/mol. The molecule has 0 spiro atoms. The summed E-state index contributed by atoms with van der Waals surface area (Å²) in [6.07, 6.45) is 3.24. The number of rotatable bonds is 10. The lowest BCUT2D eigenvalue weighted by molar-refractivity contribution is -0.136. The summed E-state index contributed by atoms with van der Waals surface area (Å²) < 4.78 is 26.4. The van der Waals surface area contributed by atoms with E-state index >= 15 is 0 Å². The molecular formula is C32H28Br2N2O6S. The molecule has 1 aliphatic heterocycles. The standard InChI is InChI=1S/C32H28Br2N2O6S/c1-4-40-25-12-11-20(14-26(25)41-5-2)28-23(31(38)39-3)17-35-32-36(28)30(37)27(43-32)15-21-13-22(33)16-24(34)29(21)42-18-19-9-7-6-8-10-19/h6-17,28H,4-5,18H2,1-3H3/b27-15+/t28-/m0/s1. The highest BCUT2D eigenvalue weighted by Gasteiger charge is 2.31. The number of thiazole rings is 1. The Bertz CT molecular complexity index is 1870. The summed E-state index contributed by atoms with van der Waals surface area (Å²) in [5.74, 6) is 1.11. The molecule has 5 rings (SSSR count). The zero-order chi connectivity index (χ0) is 30.5. The van der Waals surface area contributed by atoms with Crippen molar-refractivity contribution in [1.82, 2.24) is 4.57 Å². The van der Waals surface area contributed by atoms with Crippen LogP contribution in [0.3, 0.4) is 0 Å². The van der Waals surface area contributed by atoms with Gasteiger partial charge in [-0.05, 0) is 71.2 Å². The van der Waals surface area contributed by atoms with Crippen molar-refractivity contribution in [3.63, 3.8) is 0 Å². The number of carbonyl (C=O) groups excluding carboxylic acids is 1. The van der Waals surface area contributed by atoms with Crippen molar-refractivity contribution in [3.05, 3.63) is 118 Å². The fourth-order valence-electron chi connectivity index (χ4n) is 4.70. The van der Waals surface area contributed by atoms with Crippen LogP contribution in [0.25, 0.3) is 6.08 Å². The highest BCUT2D eigenvalue weighted by Crippen LogP contribution is 2.36. The number of fused-ring (bicyclic) bond motifs is 1. The molecule has 0 saturated carbocycles. The van der Waals surface area contributed by atoms with E-state index in [1.807, 2.05) is 62.4 Å². The topological polar surface area (TPSA) is 88.4 Å². The molecule has 1 aromatic heterocycles. The van der Waals surface area contributed by atoms with Gasteiger partial charge in [0.05, 0.1) is 40.9 Å². The lowest BCUT2D eigenvalue weighted by Crippen LogP contribution is -2.39. The average Bonchev–Trinajstić information content (AvgIpc) is 3.32. The number of aromatic nitrogens is 1. The highest BCUT2D eigenvalue weighted by atomic mass is 79.9. The van der Waals surface area contributed by atoms with E-state index in [0.717, 1.165) is 14.5 Å². The van der Waals surface area contributed by atoms with Gasteiger partial charge in [-0.2, -0.15) is 0 Å². The van der Waals surface area contributed by atoms with Crippen LogP contribution in [-0.2, 0) is 16.1 Å². The Balaban J connectivity index is 1.64. The third-order valence-corrected chi connectivity index (χ3v) is 8.60. The molecule has 3 aromatic carbocycles. The number of hydrogen-bond acceptors (Lipinski definition) is 8. The maximum atomic E-state index is 14.1. The molecule has 4 aromatic rings. The van der Waals surface area contributed by atoms with Gasteiger partial charge in [-0.3, -0.25) is 9.36 Å². The molecule has 0 aliphatic carbocycles. The minimum atomic E-state index is -0.788. The zero-order valence-electron chi connectivity index (χ0n) is 23.6. The minimum absolute atomic E-state index is 0.227. The Morgan fingerprint density at radius 3 is 2.47 bits per heavy atom. The molecule has 0 radical (unpaired) electrons. The van der Waals surface area contributed by atoms with Gasteiger partial charge in [0.25, 0.3) is 5.56 Å². The summed E-state index contributed by atoms with van der Waals surface area (Å²) >= 11 is 8.39. The Morgan fingerprint density at radius 2 is 1.74 bits per heavy atom. The number of ether oxygens (including phenoxy) is 4. The van der Waals surface area contributed by atoms with E-state index in [0.29, 0.717) is 57.5 Å². The van der Waals surface area contributed by atoms with Gasteiger partial charge in [-0.25, -0.2) is 9.79 Å². The van der Waals surface area contributed by atoms with Gasteiger partial charge in [-0.15, -0.1) is 0 Å². The molecule has 0 fully saturated rings. The first-order valence-electron chi connectivity index (χ1n) is 13.5. The SMILES string of the molecule is CCOc1ccc([C@H]2C(C(=O)OC)=CN=c3s/c(=C/c4cc(Br)cc(Br)c4OCc4ccccc4)c(=O)n32)cc1OCC. The van der Waals surface area contributed by atoms with Gasteiger partial charge in [0.2, 0.25) is 0 Å². The van der Waals surface area contributed by atoms with E-state index in [-0.39, 0.29) is 11.1 Å². The Labute approximate surface area is 269 Å². The maximum absolute atomic E-state index is 14.1. The first-order chi connectivity index (χ1) is 20.8. The summed E-state index contributed by atoms with van der Waals surface area (Å²) in [6.45, 7) is 5.00. The van der Waals surface area contributed by atoms with Crippen LogP contribution in [-0.4, -0.2) is 30.9 Å². The highest BCUT2D eigenvalue weighted by molar-refractivity contribution is 9.11. The molecule has 1 aliphatic rings. The number of carbonyl (C=O) groups is 1. The second-order valence-electron chi connectivity index (χ2n) is 9.33. The minimum Gasteiger partial charge on any atom is -0.490 e. The van der Waals surface area contributed by atoms with E-state index in [9.17, 15) is 9.59 Å². The number of halogens is 2. The summed E-state index contributed by atoms with van der Waals surface area (Å²) in [5, 5.41) is 0. The van der Waals surface area contributed by atoms with Gasteiger partial charge >= 0.3 is 5.97 Å². The fraction of sp³-hybridized carbons (Fsp3) is 0.219. The predicted octanol–water partition coefficient (Wildman–Crippen LogP) is 5.92. The summed E-state index contributed by atoms with van der Waals surface area (Å²) in [5.41, 5.74) is 2.29. The predicted molar refractivity (Wildman–Crippen MR) is 173 cm³/mol. The Hall–Kier alpha value is -3.67. The second kappa shape index (κ2) is 13.7. The largest absolute Gasteiger partial charge is 0.490 e. The molecule has 1 atom stereocenters. The average molecular weight is 728 g/mol. The molecule has 2 heterocycles. The van der Waals surface area contributed by atoms with Crippen LogP contribution in [0.15, 0.2) is 91.2 Å². The van der Waals surface area contributed by atoms with E-state index in [2.05, 4.69) is 36.9 Å². The molecule has 8 nitrogen and oxygen atoms in total.